The lowest BCUT2D eigenvalue weighted by molar-refractivity contribution is -0.598. The molecule has 0 saturated carbocycles. The van der Waals surface area contributed by atoms with Crippen molar-refractivity contribution in [3.05, 3.63) is 86.0 Å². The molecule has 0 amide bonds. The van der Waals surface area contributed by atoms with Gasteiger partial charge in [-0.25, -0.2) is 14.7 Å². The van der Waals surface area contributed by atoms with Gasteiger partial charge in [-0.05, 0) is 13.0 Å². The van der Waals surface area contributed by atoms with Gasteiger partial charge in [-0.3, -0.25) is 20.2 Å². The Balaban J connectivity index is 2.15. The summed E-state index contributed by atoms with van der Waals surface area (Å²) in [6, 6.07) is 10.0. The molecule has 3 aromatic heterocycles. The van der Waals surface area contributed by atoms with Crippen LogP contribution in [0.3, 0.4) is 0 Å². The summed E-state index contributed by atoms with van der Waals surface area (Å²) in [5.74, 6) is 0.520. The van der Waals surface area contributed by atoms with Crippen LogP contribution in [0.4, 0.5) is 28.8 Å². The van der Waals surface area contributed by atoms with E-state index in [1.54, 1.807) is 19.1 Å². The van der Waals surface area contributed by atoms with Crippen molar-refractivity contribution in [3.63, 3.8) is 0 Å². The molecule has 11 nitrogen and oxygen atoms in total. The predicted molar refractivity (Wildman–Crippen MR) is 93.7 cm³/mol. The van der Waals surface area contributed by atoms with E-state index in [2.05, 4.69) is 9.97 Å². The van der Waals surface area contributed by atoms with Crippen LogP contribution in [0.15, 0.2) is 54.9 Å². The number of anilines is 3. The molecule has 3 aromatic rings. The van der Waals surface area contributed by atoms with Crippen molar-refractivity contribution >= 4 is 28.8 Å². The fraction of sp³-hybridized carbons (Fsp3) is 0.0625. The van der Waals surface area contributed by atoms with Gasteiger partial charge in [-0.1, -0.05) is 6.07 Å². The molecule has 0 spiro atoms. The minimum atomic E-state index is -0.592. The van der Waals surface area contributed by atoms with Gasteiger partial charge in [-0.15, -0.1) is 0 Å². The molecule has 27 heavy (non-hydrogen) atoms. The van der Waals surface area contributed by atoms with Gasteiger partial charge in [0.05, 0.1) is 9.85 Å². The summed E-state index contributed by atoms with van der Waals surface area (Å²) in [7, 11) is 0. The standard InChI is InChI=1S/C16H12N6O5/c1-11-3-2-4-16(20(11)23)19(14-7-5-12(9-17-14)21(24)25)15-8-6-13(10-18-15)22(26)27/h2-10H,1H3. The molecule has 0 aliphatic heterocycles. The van der Waals surface area contributed by atoms with E-state index >= 15 is 0 Å². The molecule has 0 atom stereocenters. The topological polar surface area (TPSA) is 142 Å². The number of nitro groups is 2. The zero-order valence-electron chi connectivity index (χ0n) is 13.9. The van der Waals surface area contributed by atoms with Crippen LogP contribution in [0.25, 0.3) is 0 Å². The van der Waals surface area contributed by atoms with Crippen molar-refractivity contribution in [2.75, 3.05) is 4.90 Å². The largest absolute Gasteiger partial charge is 0.710 e. The first kappa shape index (κ1) is 17.7. The molecule has 0 aliphatic carbocycles. The molecule has 3 rings (SSSR count). The zero-order chi connectivity index (χ0) is 19.6. The molecular formula is C16H12N6O5. The summed E-state index contributed by atoms with van der Waals surface area (Å²) in [5, 5.41) is 34.2. The lowest BCUT2D eigenvalue weighted by Gasteiger charge is -2.19. The van der Waals surface area contributed by atoms with Gasteiger partial charge in [-0.2, -0.15) is 4.90 Å². The minimum Gasteiger partial charge on any atom is -0.710 e. The Morgan fingerprint density at radius 2 is 1.41 bits per heavy atom. The maximum Gasteiger partial charge on any atom is 0.292 e. The molecule has 136 valence electrons. The average Bonchev–Trinajstić information content (AvgIpc) is 2.66. The van der Waals surface area contributed by atoms with Crippen LogP contribution < -0.4 is 9.63 Å². The maximum atomic E-state index is 12.5. The van der Waals surface area contributed by atoms with Gasteiger partial charge in [0.15, 0.2) is 0 Å². The predicted octanol–water partition coefficient (Wildman–Crippen LogP) is 2.70. The van der Waals surface area contributed by atoms with Crippen molar-refractivity contribution in [2.24, 2.45) is 0 Å². The van der Waals surface area contributed by atoms with Gasteiger partial charge < -0.3 is 5.21 Å². The first-order valence-corrected chi connectivity index (χ1v) is 7.58. The lowest BCUT2D eigenvalue weighted by atomic mass is 10.3. The van der Waals surface area contributed by atoms with E-state index in [0.29, 0.717) is 10.4 Å². The molecule has 0 N–H and O–H groups in total. The Labute approximate surface area is 152 Å². The van der Waals surface area contributed by atoms with Crippen molar-refractivity contribution in [2.45, 2.75) is 6.92 Å². The molecule has 0 fully saturated rings. The average molecular weight is 368 g/mol. The van der Waals surface area contributed by atoms with Crippen LogP contribution in [0, 0.1) is 32.4 Å². The quantitative estimate of drug-likeness (QED) is 0.289. The van der Waals surface area contributed by atoms with Crippen LogP contribution in [-0.2, 0) is 0 Å². The first-order chi connectivity index (χ1) is 12.9. The van der Waals surface area contributed by atoms with E-state index in [0.717, 1.165) is 12.4 Å². The molecule has 0 radical (unpaired) electrons. The summed E-state index contributed by atoms with van der Waals surface area (Å²) in [5.41, 5.74) is -0.0227. The molecular weight excluding hydrogens is 356 g/mol. The summed E-state index contributed by atoms with van der Waals surface area (Å²) in [6.07, 6.45) is 2.11. The molecule has 0 aromatic carbocycles. The Morgan fingerprint density at radius 1 is 0.889 bits per heavy atom. The fourth-order valence-electron chi connectivity index (χ4n) is 2.34. The van der Waals surface area contributed by atoms with E-state index in [9.17, 15) is 25.4 Å². The zero-order valence-corrected chi connectivity index (χ0v) is 13.9. The van der Waals surface area contributed by atoms with Crippen LogP contribution in [0.1, 0.15) is 5.69 Å². The smallest absolute Gasteiger partial charge is 0.292 e. The van der Waals surface area contributed by atoms with E-state index < -0.39 is 9.85 Å². The van der Waals surface area contributed by atoms with Gasteiger partial charge in [0, 0.05) is 30.3 Å². The second kappa shape index (κ2) is 7.00. The fourth-order valence-corrected chi connectivity index (χ4v) is 2.34. The molecule has 11 heteroatoms. The lowest BCUT2D eigenvalue weighted by Crippen LogP contribution is -2.37. The molecule has 3 heterocycles. The van der Waals surface area contributed by atoms with Gasteiger partial charge in [0.1, 0.15) is 18.1 Å². The number of hydrogen-bond donors (Lipinski definition) is 0. The Kier molecular flexibility index (Phi) is 4.58. The normalized spacial score (nSPS) is 10.4. The summed E-state index contributed by atoms with van der Waals surface area (Å²) in [4.78, 5) is 29.9. The molecule has 0 bridgehead atoms. The highest BCUT2D eigenvalue weighted by molar-refractivity contribution is 5.68. The van der Waals surface area contributed by atoms with E-state index in [1.165, 1.54) is 35.2 Å². The van der Waals surface area contributed by atoms with Crippen molar-refractivity contribution in [1.82, 2.24) is 9.97 Å². The third-order valence-corrected chi connectivity index (χ3v) is 3.68. The highest BCUT2D eigenvalue weighted by Gasteiger charge is 2.27. The molecule has 0 saturated heterocycles. The van der Waals surface area contributed by atoms with E-state index in [1.807, 2.05) is 0 Å². The first-order valence-electron chi connectivity index (χ1n) is 7.58. The van der Waals surface area contributed by atoms with E-state index in [-0.39, 0.29) is 28.8 Å². The van der Waals surface area contributed by atoms with Crippen LogP contribution in [0.5, 0.6) is 0 Å². The van der Waals surface area contributed by atoms with Gasteiger partial charge in [0.2, 0.25) is 11.6 Å². The highest BCUT2D eigenvalue weighted by Crippen LogP contribution is 2.31. The Bertz CT molecular complexity index is 949. The number of nitrogens with zero attached hydrogens (tertiary/aromatic N) is 6. The summed E-state index contributed by atoms with van der Waals surface area (Å²) >= 11 is 0. The third kappa shape index (κ3) is 3.46. The SMILES string of the molecule is Cc1cccc(N(c2ccc([N+](=O)[O-])cn2)c2ccc([N+](=O)[O-])cn2)[n+]1[O-]. The molecule has 0 aliphatic rings. The number of hydrogen-bond acceptors (Lipinski definition) is 8. The van der Waals surface area contributed by atoms with Crippen molar-refractivity contribution < 1.29 is 14.6 Å². The van der Waals surface area contributed by atoms with Crippen molar-refractivity contribution in [1.29, 1.82) is 0 Å². The second-order valence-electron chi connectivity index (χ2n) is 5.42. The van der Waals surface area contributed by atoms with Gasteiger partial charge in [0.25, 0.3) is 17.2 Å². The number of pyridine rings is 3. The Hall–Kier alpha value is -4.15. The number of aromatic nitrogens is 3. The van der Waals surface area contributed by atoms with Crippen LogP contribution >= 0.6 is 0 Å². The number of aryl methyl sites for hydroxylation is 1. The van der Waals surface area contributed by atoms with Crippen LogP contribution in [-0.4, -0.2) is 19.8 Å². The molecule has 0 unspecified atom stereocenters. The maximum absolute atomic E-state index is 12.5. The monoisotopic (exact) mass is 368 g/mol. The Morgan fingerprint density at radius 3 is 1.81 bits per heavy atom. The van der Waals surface area contributed by atoms with Gasteiger partial charge >= 0.3 is 0 Å². The highest BCUT2D eigenvalue weighted by atomic mass is 16.6. The van der Waals surface area contributed by atoms with Crippen molar-refractivity contribution in [3.8, 4) is 0 Å². The third-order valence-electron chi connectivity index (χ3n) is 3.68. The summed E-state index contributed by atoms with van der Waals surface area (Å²) in [6.45, 7) is 1.61. The summed E-state index contributed by atoms with van der Waals surface area (Å²) < 4.78 is 0.645. The van der Waals surface area contributed by atoms with E-state index in [4.69, 9.17) is 0 Å². The second-order valence-corrected chi connectivity index (χ2v) is 5.42. The number of rotatable bonds is 5. The minimum absolute atomic E-state index is 0.137. The van der Waals surface area contributed by atoms with Crippen LogP contribution in [0.2, 0.25) is 0 Å².